The molecule has 0 spiro atoms. The van der Waals surface area contributed by atoms with Crippen LogP contribution in [0.15, 0.2) is 29.6 Å². The molecule has 4 nitrogen and oxygen atoms in total. The van der Waals surface area contributed by atoms with E-state index in [-0.39, 0.29) is 5.91 Å². The summed E-state index contributed by atoms with van der Waals surface area (Å²) < 4.78 is 0. The molecular formula is C19H25N3OS. The van der Waals surface area contributed by atoms with E-state index in [1.165, 1.54) is 37.9 Å². The summed E-state index contributed by atoms with van der Waals surface area (Å²) in [4.78, 5) is 18.8. The molecule has 1 fully saturated rings. The van der Waals surface area contributed by atoms with Crippen LogP contribution in [0.5, 0.6) is 0 Å². The van der Waals surface area contributed by atoms with Gasteiger partial charge in [0.2, 0.25) is 5.91 Å². The van der Waals surface area contributed by atoms with E-state index < -0.39 is 0 Å². The van der Waals surface area contributed by atoms with E-state index in [0.717, 1.165) is 22.8 Å². The Kier molecular flexibility index (Phi) is 5.99. The van der Waals surface area contributed by atoms with Crippen LogP contribution in [0.25, 0.3) is 0 Å². The van der Waals surface area contributed by atoms with Crippen molar-refractivity contribution in [3.8, 4) is 0 Å². The summed E-state index contributed by atoms with van der Waals surface area (Å²) in [6, 6.07) is 8.60. The van der Waals surface area contributed by atoms with Crippen molar-refractivity contribution in [3.63, 3.8) is 0 Å². The Morgan fingerprint density at radius 3 is 2.54 bits per heavy atom. The third-order valence-corrected chi connectivity index (χ3v) is 5.20. The minimum Gasteiger partial charge on any atom is -0.352 e. The highest BCUT2D eigenvalue weighted by Crippen LogP contribution is 2.14. The highest BCUT2D eigenvalue weighted by Gasteiger charge is 2.10. The maximum Gasteiger partial charge on any atom is 0.226 e. The summed E-state index contributed by atoms with van der Waals surface area (Å²) in [6.07, 6.45) is 4.37. The molecule has 1 aliphatic heterocycles. The number of hydrogen-bond acceptors (Lipinski definition) is 4. The van der Waals surface area contributed by atoms with Gasteiger partial charge in [-0.1, -0.05) is 30.7 Å². The molecule has 3 rings (SSSR count). The lowest BCUT2D eigenvalue weighted by molar-refractivity contribution is -0.120. The summed E-state index contributed by atoms with van der Waals surface area (Å²) in [5.41, 5.74) is 3.34. The largest absolute Gasteiger partial charge is 0.352 e. The number of nitrogens with one attached hydrogen (secondary N) is 1. The van der Waals surface area contributed by atoms with Crippen molar-refractivity contribution in [1.82, 2.24) is 15.2 Å². The van der Waals surface area contributed by atoms with Gasteiger partial charge in [0, 0.05) is 18.5 Å². The molecule has 1 N–H and O–H groups in total. The lowest BCUT2D eigenvalue weighted by Gasteiger charge is -2.26. The summed E-state index contributed by atoms with van der Waals surface area (Å²) >= 11 is 1.58. The van der Waals surface area contributed by atoms with E-state index in [2.05, 4.69) is 39.5 Å². The third-order valence-electron chi connectivity index (χ3n) is 4.38. The molecule has 2 aromatic rings. The van der Waals surface area contributed by atoms with Crippen LogP contribution in [0, 0.1) is 6.92 Å². The highest BCUT2D eigenvalue weighted by atomic mass is 32.1. The Hall–Kier alpha value is -1.72. The maximum atomic E-state index is 12.0. The van der Waals surface area contributed by atoms with E-state index >= 15 is 0 Å². The zero-order valence-electron chi connectivity index (χ0n) is 14.3. The summed E-state index contributed by atoms with van der Waals surface area (Å²) in [5.74, 6) is 0.0256. The average Bonchev–Trinajstić information content (AvgIpc) is 3.00. The topological polar surface area (TPSA) is 45.2 Å². The fraction of sp³-hybridized carbons (Fsp3) is 0.474. The van der Waals surface area contributed by atoms with Gasteiger partial charge in [-0.05, 0) is 44.0 Å². The molecule has 128 valence electrons. The van der Waals surface area contributed by atoms with Gasteiger partial charge in [-0.3, -0.25) is 9.69 Å². The number of aromatic nitrogens is 1. The Morgan fingerprint density at radius 1 is 1.17 bits per heavy atom. The lowest BCUT2D eigenvalue weighted by Crippen LogP contribution is -2.29. The van der Waals surface area contributed by atoms with Gasteiger partial charge in [0.25, 0.3) is 0 Å². The second-order valence-corrected chi connectivity index (χ2v) is 7.53. The smallest absolute Gasteiger partial charge is 0.226 e. The molecular weight excluding hydrogens is 318 g/mol. The highest BCUT2D eigenvalue weighted by molar-refractivity contribution is 7.09. The van der Waals surface area contributed by atoms with Gasteiger partial charge in [-0.25, -0.2) is 4.98 Å². The van der Waals surface area contributed by atoms with Gasteiger partial charge >= 0.3 is 0 Å². The van der Waals surface area contributed by atoms with Gasteiger partial charge in [0.15, 0.2) is 0 Å². The molecule has 1 amide bonds. The van der Waals surface area contributed by atoms with Crippen LogP contribution in [-0.4, -0.2) is 28.9 Å². The van der Waals surface area contributed by atoms with E-state index in [4.69, 9.17) is 0 Å². The van der Waals surface area contributed by atoms with Gasteiger partial charge < -0.3 is 5.32 Å². The molecule has 0 bridgehead atoms. The normalized spacial score (nSPS) is 15.4. The number of aryl methyl sites for hydroxylation is 1. The Morgan fingerprint density at radius 2 is 1.88 bits per heavy atom. The van der Waals surface area contributed by atoms with Crippen molar-refractivity contribution in [2.24, 2.45) is 0 Å². The second kappa shape index (κ2) is 8.40. The van der Waals surface area contributed by atoms with Crippen molar-refractivity contribution in [1.29, 1.82) is 0 Å². The monoisotopic (exact) mass is 343 g/mol. The fourth-order valence-electron chi connectivity index (χ4n) is 3.06. The molecule has 1 aromatic heterocycles. The molecule has 2 heterocycles. The number of likely N-dealkylation sites (tertiary alicyclic amines) is 1. The van der Waals surface area contributed by atoms with Crippen molar-refractivity contribution in [2.75, 3.05) is 13.1 Å². The zero-order valence-corrected chi connectivity index (χ0v) is 15.1. The predicted molar refractivity (Wildman–Crippen MR) is 98.0 cm³/mol. The molecule has 0 atom stereocenters. The van der Waals surface area contributed by atoms with Crippen LogP contribution < -0.4 is 5.32 Å². The third kappa shape index (κ3) is 5.14. The lowest BCUT2D eigenvalue weighted by atomic mass is 10.1. The fourth-order valence-corrected chi connectivity index (χ4v) is 3.67. The van der Waals surface area contributed by atoms with E-state index in [9.17, 15) is 4.79 Å². The van der Waals surface area contributed by atoms with Crippen LogP contribution >= 0.6 is 11.3 Å². The summed E-state index contributed by atoms with van der Waals surface area (Å²) in [7, 11) is 0. The number of rotatable bonds is 6. The second-order valence-electron chi connectivity index (χ2n) is 6.46. The maximum absolute atomic E-state index is 12.0. The first-order chi connectivity index (χ1) is 11.7. The number of thiazole rings is 1. The van der Waals surface area contributed by atoms with Crippen molar-refractivity contribution >= 4 is 17.2 Å². The van der Waals surface area contributed by atoms with Crippen LogP contribution in [0.1, 0.15) is 41.1 Å². The van der Waals surface area contributed by atoms with Gasteiger partial charge in [-0.15, -0.1) is 11.3 Å². The molecule has 0 saturated carbocycles. The van der Waals surface area contributed by atoms with E-state index in [0.29, 0.717) is 13.0 Å². The van der Waals surface area contributed by atoms with E-state index in [1.807, 2.05) is 12.3 Å². The molecule has 0 unspecified atom stereocenters. The van der Waals surface area contributed by atoms with Gasteiger partial charge in [0.05, 0.1) is 17.1 Å². The first kappa shape index (κ1) is 17.1. The molecule has 5 heteroatoms. The van der Waals surface area contributed by atoms with Crippen LogP contribution in [0.4, 0.5) is 0 Å². The summed E-state index contributed by atoms with van der Waals surface area (Å²) in [5, 5.41) is 5.92. The quantitative estimate of drug-likeness (QED) is 0.875. The zero-order chi connectivity index (χ0) is 16.8. The number of hydrogen-bond donors (Lipinski definition) is 1. The van der Waals surface area contributed by atoms with Gasteiger partial charge in [-0.2, -0.15) is 0 Å². The molecule has 0 aliphatic carbocycles. The molecule has 1 aliphatic rings. The minimum absolute atomic E-state index is 0.0256. The van der Waals surface area contributed by atoms with Crippen molar-refractivity contribution in [2.45, 2.75) is 45.7 Å². The van der Waals surface area contributed by atoms with Crippen molar-refractivity contribution < 1.29 is 4.79 Å². The number of carbonyl (C=O) groups excluding carboxylic acids is 1. The SMILES string of the molecule is Cc1nc(CC(=O)NCc2ccc(CN3CCCCC3)cc2)cs1. The molecule has 0 radical (unpaired) electrons. The Bertz CT molecular complexity index is 660. The predicted octanol–water partition coefficient (Wildman–Crippen LogP) is 3.30. The van der Waals surface area contributed by atoms with Crippen LogP contribution in [0.2, 0.25) is 0 Å². The Balaban J connectivity index is 1.44. The number of benzene rings is 1. The number of carbonyl (C=O) groups is 1. The van der Waals surface area contributed by atoms with E-state index in [1.54, 1.807) is 11.3 Å². The first-order valence-electron chi connectivity index (χ1n) is 8.67. The average molecular weight is 343 g/mol. The number of nitrogens with zero attached hydrogens (tertiary/aromatic N) is 2. The minimum atomic E-state index is 0.0256. The standard InChI is InChI=1S/C19H25N3OS/c1-15-21-18(14-24-15)11-19(23)20-12-16-5-7-17(8-6-16)13-22-9-3-2-4-10-22/h5-8,14H,2-4,9-13H2,1H3,(H,20,23). The van der Waals surface area contributed by atoms with Crippen molar-refractivity contribution in [3.05, 3.63) is 51.5 Å². The number of amides is 1. The van der Waals surface area contributed by atoms with Crippen LogP contribution in [0.3, 0.4) is 0 Å². The molecule has 1 aromatic carbocycles. The summed E-state index contributed by atoms with van der Waals surface area (Å²) in [6.45, 7) is 6.00. The first-order valence-corrected chi connectivity index (χ1v) is 9.55. The Labute approximate surface area is 147 Å². The molecule has 24 heavy (non-hydrogen) atoms. The number of piperidine rings is 1. The molecule has 1 saturated heterocycles. The van der Waals surface area contributed by atoms with Gasteiger partial charge in [0.1, 0.15) is 0 Å². The van der Waals surface area contributed by atoms with Crippen LogP contribution in [-0.2, 0) is 24.3 Å².